The molecule has 2 N–H and O–H groups in total. The third-order valence-corrected chi connectivity index (χ3v) is 10.2. The van der Waals surface area contributed by atoms with Gasteiger partial charge in [-0.15, -0.1) is 0 Å². The van der Waals surface area contributed by atoms with Crippen molar-refractivity contribution < 1.29 is 19.7 Å². The van der Waals surface area contributed by atoms with E-state index in [-0.39, 0.29) is 34.2 Å². The Morgan fingerprint density at radius 2 is 2.10 bits per heavy atom. The van der Waals surface area contributed by atoms with Crippen LogP contribution in [-0.2, 0) is 16.6 Å². The predicted octanol–water partition coefficient (Wildman–Crippen LogP) is 3.39. The highest BCUT2D eigenvalue weighted by Gasteiger charge is 2.81. The third-order valence-electron chi connectivity index (χ3n) is 10.2. The maximum absolute atomic E-state index is 12.4. The quantitative estimate of drug-likeness (QED) is 0.792. The Labute approximate surface area is 179 Å². The summed E-state index contributed by atoms with van der Waals surface area (Å²) in [6.45, 7) is 5.43. The van der Waals surface area contributed by atoms with Crippen LogP contribution in [0, 0.1) is 11.3 Å². The maximum atomic E-state index is 12.4. The van der Waals surface area contributed by atoms with E-state index < -0.39 is 5.60 Å². The highest BCUT2D eigenvalue weighted by Crippen LogP contribution is 2.76. The molecule has 7 unspecified atom stereocenters. The van der Waals surface area contributed by atoms with Crippen LogP contribution in [0.25, 0.3) is 0 Å². The van der Waals surface area contributed by atoms with E-state index in [1.807, 2.05) is 13.2 Å². The van der Waals surface area contributed by atoms with Crippen LogP contribution in [0.2, 0.25) is 0 Å². The van der Waals surface area contributed by atoms with E-state index in [2.05, 4.69) is 25.8 Å². The van der Waals surface area contributed by atoms with E-state index in [9.17, 15) is 10.2 Å². The van der Waals surface area contributed by atoms with Gasteiger partial charge in [0.1, 0.15) is 23.2 Å². The number of phenolic OH excluding ortho intramolecular Hbond substituents is 1. The molecule has 0 aromatic heterocycles. The van der Waals surface area contributed by atoms with Crippen molar-refractivity contribution in [3.05, 3.63) is 23.3 Å². The van der Waals surface area contributed by atoms with E-state index in [4.69, 9.17) is 9.47 Å². The number of rotatable bonds is 4. The summed E-state index contributed by atoms with van der Waals surface area (Å²) in [5.41, 5.74) is 1.19. The SMILES string of the molecule is CCCC(C)(OC)C1CC23CCC1(O)C1Oc4cc(O)cc5c4C12CCN(C)C3C5. The molecule has 30 heavy (non-hydrogen) atoms. The number of likely N-dealkylation sites (tertiary alicyclic amines) is 1. The van der Waals surface area contributed by atoms with Crippen molar-refractivity contribution in [1.29, 1.82) is 0 Å². The standard InChI is InChI=1S/C25H35NO4/c1-5-6-22(2,29-4)18-14-23-7-8-25(18,28)21-24(23)9-10-26(3)19(23)12-15-11-16(27)13-17(30-21)20(15)24/h11,13,18-19,21,27-28H,5-10,12,14H2,1-4H3. The number of aliphatic hydroxyl groups is 1. The van der Waals surface area contributed by atoms with Gasteiger partial charge in [0.15, 0.2) is 0 Å². The topological polar surface area (TPSA) is 62.2 Å². The van der Waals surface area contributed by atoms with Crippen molar-refractivity contribution in [3.8, 4) is 11.5 Å². The lowest BCUT2D eigenvalue weighted by Crippen LogP contribution is -2.82. The molecule has 0 amide bonds. The van der Waals surface area contributed by atoms with Gasteiger partial charge in [-0.1, -0.05) is 13.3 Å². The predicted molar refractivity (Wildman–Crippen MR) is 114 cm³/mol. The lowest BCUT2D eigenvalue weighted by molar-refractivity contribution is -0.296. The first-order valence-corrected chi connectivity index (χ1v) is 11.8. The fourth-order valence-electron chi connectivity index (χ4n) is 9.03. The van der Waals surface area contributed by atoms with Crippen molar-refractivity contribution in [2.45, 2.75) is 87.6 Å². The summed E-state index contributed by atoms with van der Waals surface area (Å²) in [7, 11) is 4.07. The summed E-state index contributed by atoms with van der Waals surface area (Å²) >= 11 is 0. The first-order valence-electron chi connectivity index (χ1n) is 11.8. The highest BCUT2D eigenvalue weighted by atomic mass is 16.5. The van der Waals surface area contributed by atoms with Crippen LogP contribution in [0.4, 0.5) is 0 Å². The van der Waals surface area contributed by atoms with Gasteiger partial charge in [-0.25, -0.2) is 0 Å². The largest absolute Gasteiger partial charge is 0.508 e. The zero-order valence-corrected chi connectivity index (χ0v) is 18.7. The summed E-state index contributed by atoms with van der Waals surface area (Å²) in [5.74, 6) is 1.14. The molecule has 1 aromatic carbocycles. The lowest BCUT2D eigenvalue weighted by Gasteiger charge is -2.74. The number of likely N-dealkylation sites (N-methyl/N-ethyl adjacent to an activating group) is 1. The minimum absolute atomic E-state index is 0.0419. The molecule has 1 aromatic rings. The van der Waals surface area contributed by atoms with Crippen molar-refractivity contribution in [1.82, 2.24) is 4.90 Å². The average Bonchev–Trinajstić information content (AvgIpc) is 3.06. The zero-order chi connectivity index (χ0) is 21.1. The molecule has 2 spiro atoms. The number of methoxy groups -OCH3 is 1. The van der Waals surface area contributed by atoms with Crippen LogP contribution in [0.5, 0.6) is 11.5 Å². The summed E-state index contributed by atoms with van der Waals surface area (Å²) in [5, 5.41) is 22.8. The molecule has 4 fully saturated rings. The maximum Gasteiger partial charge on any atom is 0.138 e. The molecule has 5 heteroatoms. The Balaban J connectivity index is 1.61. The van der Waals surface area contributed by atoms with Crippen molar-refractivity contribution >= 4 is 0 Å². The minimum atomic E-state index is -0.911. The molecule has 5 nitrogen and oxygen atoms in total. The monoisotopic (exact) mass is 413 g/mol. The Morgan fingerprint density at radius 1 is 1.30 bits per heavy atom. The second kappa shape index (κ2) is 5.73. The number of ether oxygens (including phenoxy) is 2. The number of piperidine rings is 1. The molecule has 3 saturated carbocycles. The van der Waals surface area contributed by atoms with Crippen LogP contribution in [-0.4, -0.2) is 59.2 Å². The van der Waals surface area contributed by atoms with Crippen molar-refractivity contribution in [2.75, 3.05) is 20.7 Å². The van der Waals surface area contributed by atoms with Crippen molar-refractivity contribution in [2.24, 2.45) is 11.3 Å². The number of benzene rings is 1. The van der Waals surface area contributed by atoms with E-state index in [0.717, 1.165) is 57.2 Å². The molecule has 2 heterocycles. The van der Waals surface area contributed by atoms with Gasteiger partial charge in [0.25, 0.3) is 0 Å². The smallest absolute Gasteiger partial charge is 0.138 e. The summed E-state index contributed by atoms with van der Waals surface area (Å²) in [6.07, 6.45) is 6.48. The molecule has 6 aliphatic rings. The summed E-state index contributed by atoms with van der Waals surface area (Å²) in [4.78, 5) is 2.55. The van der Waals surface area contributed by atoms with E-state index in [1.54, 1.807) is 6.07 Å². The van der Waals surface area contributed by atoms with Gasteiger partial charge in [0.2, 0.25) is 0 Å². The third kappa shape index (κ3) is 1.89. The number of phenols is 1. The molecule has 7 atom stereocenters. The summed E-state index contributed by atoms with van der Waals surface area (Å²) in [6, 6.07) is 4.15. The normalized spacial score (nSPS) is 45.0. The second-order valence-electron chi connectivity index (χ2n) is 11.1. The fraction of sp³-hybridized carbons (Fsp3) is 0.760. The minimum Gasteiger partial charge on any atom is -0.508 e. The van der Waals surface area contributed by atoms with Crippen molar-refractivity contribution in [3.63, 3.8) is 0 Å². The molecular formula is C25H35NO4. The molecule has 1 saturated heterocycles. The van der Waals surface area contributed by atoms with Gasteiger partial charge in [-0.2, -0.15) is 0 Å². The highest BCUT2D eigenvalue weighted by molar-refractivity contribution is 5.60. The van der Waals surface area contributed by atoms with E-state index in [1.165, 1.54) is 11.1 Å². The molecule has 4 aliphatic carbocycles. The number of nitrogens with zero attached hydrogens (tertiary/aromatic N) is 1. The van der Waals surface area contributed by atoms with Gasteiger partial charge in [0, 0.05) is 41.5 Å². The van der Waals surface area contributed by atoms with Crippen LogP contribution >= 0.6 is 0 Å². The van der Waals surface area contributed by atoms with Crippen LogP contribution in [0.15, 0.2) is 12.1 Å². The first kappa shape index (κ1) is 19.4. The van der Waals surface area contributed by atoms with Crippen LogP contribution in [0.1, 0.15) is 63.5 Å². The van der Waals surface area contributed by atoms with Gasteiger partial charge >= 0.3 is 0 Å². The molecule has 2 aliphatic heterocycles. The van der Waals surface area contributed by atoms with Gasteiger partial charge < -0.3 is 24.6 Å². The molecule has 7 rings (SSSR count). The van der Waals surface area contributed by atoms with E-state index >= 15 is 0 Å². The van der Waals surface area contributed by atoms with Gasteiger partial charge in [0.05, 0.1) is 5.60 Å². The lowest BCUT2D eigenvalue weighted by atomic mass is 9.34. The molecule has 164 valence electrons. The Kier molecular flexibility index (Phi) is 3.70. The first-order chi connectivity index (χ1) is 14.3. The van der Waals surface area contributed by atoms with Gasteiger partial charge in [-0.3, -0.25) is 0 Å². The van der Waals surface area contributed by atoms with Crippen LogP contribution < -0.4 is 4.74 Å². The number of fused-ring (bicyclic) bond motifs is 2. The Hall–Kier alpha value is -1.30. The van der Waals surface area contributed by atoms with Gasteiger partial charge in [-0.05, 0) is 70.7 Å². The zero-order valence-electron chi connectivity index (χ0n) is 18.7. The van der Waals surface area contributed by atoms with Crippen LogP contribution in [0.3, 0.4) is 0 Å². The fourth-order valence-corrected chi connectivity index (χ4v) is 9.03. The Morgan fingerprint density at radius 3 is 2.83 bits per heavy atom. The average molecular weight is 414 g/mol. The number of hydrogen-bond donors (Lipinski definition) is 2. The molecule has 4 bridgehead atoms. The molecule has 0 radical (unpaired) electrons. The number of hydrogen-bond acceptors (Lipinski definition) is 5. The second-order valence-corrected chi connectivity index (χ2v) is 11.1. The summed E-state index contributed by atoms with van der Waals surface area (Å²) < 4.78 is 12.9. The molecular weight excluding hydrogens is 378 g/mol. The Bertz CT molecular complexity index is 919. The van der Waals surface area contributed by atoms with E-state index in [0.29, 0.717) is 6.04 Å². The number of aromatic hydroxyl groups is 1.